The molecule has 5 nitrogen and oxygen atoms in total. The van der Waals surface area contributed by atoms with Gasteiger partial charge in [-0.15, -0.1) is 0 Å². The van der Waals surface area contributed by atoms with Crippen molar-refractivity contribution in [2.24, 2.45) is 5.92 Å². The van der Waals surface area contributed by atoms with E-state index in [0.29, 0.717) is 13.2 Å². The number of hydrogen-bond donors (Lipinski definition) is 0. The predicted octanol–water partition coefficient (Wildman–Crippen LogP) is 2.48. The molecule has 1 aliphatic rings. The van der Waals surface area contributed by atoms with Gasteiger partial charge in [0.05, 0.1) is 32.2 Å². The minimum Gasteiger partial charge on any atom is -0.466 e. The van der Waals surface area contributed by atoms with Crippen molar-refractivity contribution in [2.45, 2.75) is 45.5 Å². The van der Waals surface area contributed by atoms with Crippen LogP contribution in [0, 0.1) is 5.92 Å². The average molecular weight is 306 g/mol. The van der Waals surface area contributed by atoms with Crippen LogP contribution < -0.4 is 0 Å². The molecule has 0 saturated carbocycles. The number of ether oxygens (including phenoxy) is 3. The van der Waals surface area contributed by atoms with Gasteiger partial charge in [-0.3, -0.25) is 9.59 Å². The van der Waals surface area contributed by atoms with Crippen LogP contribution >= 0.6 is 0 Å². The first-order chi connectivity index (χ1) is 10.6. The maximum Gasteiger partial charge on any atom is 0.306 e. The maximum atomic E-state index is 11.6. The lowest BCUT2D eigenvalue weighted by atomic mass is 9.94. The van der Waals surface area contributed by atoms with Gasteiger partial charge in [0.25, 0.3) is 0 Å². The van der Waals surface area contributed by atoms with E-state index < -0.39 is 6.10 Å². The molecule has 1 heterocycles. The lowest BCUT2D eigenvalue weighted by Gasteiger charge is -2.23. The molecule has 120 valence electrons. The van der Waals surface area contributed by atoms with Crippen molar-refractivity contribution in [3.63, 3.8) is 0 Å². The standard InChI is InChI=1S/C17H22O5/c1-3-20-15(18)9-14-10-16(19)22-17(14)12(2)21-11-13-7-5-4-6-8-13/h4-8,12,14,17H,3,9-11H2,1-2H3/t12-,14-,17+/m0/s1. The highest BCUT2D eigenvalue weighted by molar-refractivity contribution is 5.75. The van der Waals surface area contributed by atoms with Crippen molar-refractivity contribution < 1.29 is 23.8 Å². The van der Waals surface area contributed by atoms with Gasteiger partial charge in [0.15, 0.2) is 0 Å². The molecular formula is C17H22O5. The minimum absolute atomic E-state index is 0.183. The van der Waals surface area contributed by atoms with E-state index in [1.807, 2.05) is 37.3 Å². The van der Waals surface area contributed by atoms with Gasteiger partial charge in [-0.2, -0.15) is 0 Å². The summed E-state index contributed by atoms with van der Waals surface area (Å²) in [5.74, 6) is -0.766. The number of benzene rings is 1. The van der Waals surface area contributed by atoms with Gasteiger partial charge in [-0.1, -0.05) is 30.3 Å². The molecule has 22 heavy (non-hydrogen) atoms. The zero-order valence-electron chi connectivity index (χ0n) is 13.0. The fraction of sp³-hybridized carbons (Fsp3) is 0.529. The first-order valence-electron chi connectivity index (χ1n) is 7.60. The van der Waals surface area contributed by atoms with Gasteiger partial charge in [0.1, 0.15) is 6.10 Å². The largest absolute Gasteiger partial charge is 0.466 e. The summed E-state index contributed by atoms with van der Waals surface area (Å²) in [6.45, 7) is 4.41. The van der Waals surface area contributed by atoms with Crippen LogP contribution in [0.4, 0.5) is 0 Å². The Morgan fingerprint density at radius 1 is 1.36 bits per heavy atom. The molecule has 2 rings (SSSR count). The molecule has 0 spiro atoms. The van der Waals surface area contributed by atoms with E-state index >= 15 is 0 Å². The van der Waals surface area contributed by atoms with Gasteiger partial charge in [-0.25, -0.2) is 0 Å². The molecule has 0 bridgehead atoms. The molecule has 1 aliphatic heterocycles. The van der Waals surface area contributed by atoms with E-state index in [1.54, 1.807) is 6.92 Å². The summed E-state index contributed by atoms with van der Waals surface area (Å²) in [4.78, 5) is 23.2. The summed E-state index contributed by atoms with van der Waals surface area (Å²) in [6, 6.07) is 9.79. The molecule has 0 unspecified atom stereocenters. The summed E-state index contributed by atoms with van der Waals surface area (Å²) in [6.07, 6.45) is -0.252. The van der Waals surface area contributed by atoms with E-state index in [0.717, 1.165) is 5.56 Å². The quantitative estimate of drug-likeness (QED) is 0.724. The zero-order valence-corrected chi connectivity index (χ0v) is 13.0. The summed E-state index contributed by atoms with van der Waals surface area (Å²) in [5.41, 5.74) is 1.06. The Bertz CT molecular complexity index is 499. The van der Waals surface area contributed by atoms with E-state index in [4.69, 9.17) is 14.2 Å². The highest BCUT2D eigenvalue weighted by Gasteiger charge is 2.40. The Balaban J connectivity index is 1.89. The average Bonchev–Trinajstić information content (AvgIpc) is 2.86. The van der Waals surface area contributed by atoms with Gasteiger partial charge >= 0.3 is 11.9 Å². The lowest BCUT2D eigenvalue weighted by molar-refractivity contribution is -0.150. The number of hydrogen-bond acceptors (Lipinski definition) is 5. The maximum absolute atomic E-state index is 11.6. The molecule has 0 aliphatic carbocycles. The van der Waals surface area contributed by atoms with Crippen molar-refractivity contribution in [1.29, 1.82) is 0 Å². The van der Waals surface area contributed by atoms with Crippen LogP contribution in [0.5, 0.6) is 0 Å². The molecular weight excluding hydrogens is 284 g/mol. The summed E-state index contributed by atoms with van der Waals surface area (Å²) < 4.78 is 16.1. The molecule has 1 aromatic carbocycles. The molecule has 3 atom stereocenters. The van der Waals surface area contributed by atoms with Crippen LogP contribution in [-0.2, 0) is 30.4 Å². The minimum atomic E-state index is -0.402. The number of carbonyl (C=O) groups is 2. The summed E-state index contributed by atoms with van der Waals surface area (Å²) in [5, 5.41) is 0. The highest BCUT2D eigenvalue weighted by Crippen LogP contribution is 2.29. The van der Waals surface area contributed by atoms with Gasteiger partial charge in [-0.05, 0) is 19.4 Å². The fourth-order valence-electron chi connectivity index (χ4n) is 2.62. The topological polar surface area (TPSA) is 61.8 Å². The lowest BCUT2D eigenvalue weighted by Crippen LogP contribution is -2.32. The monoisotopic (exact) mass is 306 g/mol. The van der Waals surface area contributed by atoms with E-state index in [1.165, 1.54) is 0 Å². The Morgan fingerprint density at radius 3 is 2.77 bits per heavy atom. The molecule has 5 heteroatoms. The number of rotatable bonds is 7. The molecule has 1 fully saturated rings. The second-order valence-corrected chi connectivity index (χ2v) is 5.43. The van der Waals surface area contributed by atoms with E-state index in [2.05, 4.69) is 0 Å². The molecule has 0 N–H and O–H groups in total. The third kappa shape index (κ3) is 4.56. The van der Waals surface area contributed by atoms with Crippen LogP contribution in [0.1, 0.15) is 32.3 Å². The molecule has 1 aromatic rings. The third-order valence-electron chi connectivity index (χ3n) is 3.71. The third-order valence-corrected chi connectivity index (χ3v) is 3.71. The Kier molecular flexibility index (Phi) is 5.95. The van der Waals surface area contributed by atoms with Crippen molar-refractivity contribution in [3.8, 4) is 0 Å². The fourth-order valence-corrected chi connectivity index (χ4v) is 2.62. The van der Waals surface area contributed by atoms with Crippen molar-refractivity contribution in [1.82, 2.24) is 0 Å². The van der Waals surface area contributed by atoms with E-state index in [9.17, 15) is 9.59 Å². The normalized spacial score (nSPS) is 22.2. The van der Waals surface area contributed by atoms with Gasteiger partial charge in [0.2, 0.25) is 0 Å². The van der Waals surface area contributed by atoms with Crippen LogP contribution in [0.2, 0.25) is 0 Å². The van der Waals surface area contributed by atoms with Crippen molar-refractivity contribution >= 4 is 11.9 Å². The Labute approximate surface area is 130 Å². The van der Waals surface area contributed by atoms with Crippen LogP contribution in [0.25, 0.3) is 0 Å². The van der Waals surface area contributed by atoms with Crippen LogP contribution in [-0.4, -0.2) is 30.8 Å². The first kappa shape index (κ1) is 16.5. The number of esters is 2. The van der Waals surface area contributed by atoms with Crippen molar-refractivity contribution in [2.75, 3.05) is 6.61 Å². The Morgan fingerprint density at radius 2 is 2.09 bits per heavy atom. The molecule has 0 aromatic heterocycles. The predicted molar refractivity (Wildman–Crippen MR) is 79.9 cm³/mol. The summed E-state index contributed by atoms with van der Waals surface area (Å²) >= 11 is 0. The smallest absolute Gasteiger partial charge is 0.306 e. The molecule has 0 amide bonds. The second kappa shape index (κ2) is 7.94. The SMILES string of the molecule is CCOC(=O)C[C@H]1CC(=O)O[C@@H]1[C@H](C)OCc1ccccc1. The zero-order chi connectivity index (χ0) is 15.9. The number of cyclic esters (lactones) is 1. The van der Waals surface area contributed by atoms with E-state index in [-0.39, 0.29) is 36.8 Å². The van der Waals surface area contributed by atoms with Gasteiger partial charge < -0.3 is 14.2 Å². The van der Waals surface area contributed by atoms with Crippen LogP contribution in [0.3, 0.4) is 0 Å². The molecule has 0 radical (unpaired) electrons. The molecule has 1 saturated heterocycles. The van der Waals surface area contributed by atoms with Gasteiger partial charge in [0, 0.05) is 5.92 Å². The van der Waals surface area contributed by atoms with Crippen molar-refractivity contribution in [3.05, 3.63) is 35.9 Å². The Hall–Kier alpha value is -1.88. The first-order valence-corrected chi connectivity index (χ1v) is 7.60. The second-order valence-electron chi connectivity index (χ2n) is 5.43. The summed E-state index contributed by atoms with van der Waals surface area (Å²) in [7, 11) is 0. The number of carbonyl (C=O) groups excluding carboxylic acids is 2. The highest BCUT2D eigenvalue weighted by atomic mass is 16.6. The van der Waals surface area contributed by atoms with Crippen LogP contribution in [0.15, 0.2) is 30.3 Å².